The Morgan fingerprint density at radius 3 is 2.79 bits per heavy atom. The van der Waals surface area contributed by atoms with Crippen molar-refractivity contribution in [2.24, 2.45) is 0 Å². The van der Waals surface area contributed by atoms with Gasteiger partial charge in [-0.1, -0.05) is 11.6 Å². The number of anilines is 1. The number of aryl methyl sites for hydroxylation is 1. The highest BCUT2D eigenvalue weighted by atomic mass is 16.5. The summed E-state index contributed by atoms with van der Waals surface area (Å²) >= 11 is 0. The maximum absolute atomic E-state index is 13.4. The number of likely N-dealkylation sites (tertiary alicyclic amines) is 1. The number of piperidine rings is 1. The largest absolute Gasteiger partial charge is 0.388 e. The maximum Gasteiger partial charge on any atom is 0.186 e. The molecule has 8 rings (SSSR count). The topological polar surface area (TPSA) is 113 Å². The van der Waals surface area contributed by atoms with Crippen LogP contribution in [-0.4, -0.2) is 78.5 Å². The summed E-state index contributed by atoms with van der Waals surface area (Å²) < 4.78 is 44.8. The van der Waals surface area contributed by atoms with E-state index in [1.165, 1.54) is 0 Å². The highest BCUT2D eigenvalue weighted by molar-refractivity contribution is 5.93. The van der Waals surface area contributed by atoms with Crippen LogP contribution in [0.3, 0.4) is 0 Å². The molecule has 42 heavy (non-hydrogen) atoms. The Morgan fingerprint density at radius 1 is 1.12 bits per heavy atom. The van der Waals surface area contributed by atoms with Gasteiger partial charge in [-0.25, -0.2) is 14.6 Å². The zero-order valence-corrected chi connectivity index (χ0v) is 24.8. The normalized spacial score (nSPS) is 36.1. The number of aliphatic hydroxyl groups is 1. The molecule has 3 aromatic heterocycles. The fourth-order valence-corrected chi connectivity index (χ4v) is 8.47. The highest BCUT2D eigenvalue weighted by Gasteiger charge is 2.49. The predicted molar refractivity (Wildman–Crippen MR) is 159 cm³/mol. The Hall–Kier alpha value is -2.85. The standard InChI is InChI=1S/C32H43N7O3/c1-19(23-9-7-17-37(23)3)39-30-25-22(35-39)12-11-20-13-16-31(2,41)18-38(20)29(25)33-28(34-30)26-21-8-6-15-32(27(21)42-36-26)14-5-4-10-24(32)40/h19-20,23,41H,4-18H2,1-3H3/t19-,20-,23-,31+,32+/m0/s1/i11D2,12D2. The van der Waals surface area contributed by atoms with E-state index in [9.17, 15) is 15.4 Å². The lowest BCUT2D eigenvalue weighted by Gasteiger charge is -2.43. The van der Waals surface area contributed by atoms with Crippen LogP contribution >= 0.6 is 0 Å². The molecule has 0 aromatic carbocycles. The highest BCUT2D eigenvalue weighted by Crippen LogP contribution is 2.48. The molecule has 0 amide bonds. The first-order valence-electron chi connectivity index (χ1n) is 17.8. The Bertz CT molecular complexity index is 1740. The summed E-state index contributed by atoms with van der Waals surface area (Å²) in [4.78, 5) is 27.6. The van der Waals surface area contributed by atoms with Crippen molar-refractivity contribution in [3.63, 3.8) is 0 Å². The molecular formula is C32H43N7O3. The van der Waals surface area contributed by atoms with Crippen molar-refractivity contribution in [2.75, 3.05) is 25.0 Å². The quantitative estimate of drug-likeness (QED) is 0.480. The fourth-order valence-electron chi connectivity index (χ4n) is 8.47. The summed E-state index contributed by atoms with van der Waals surface area (Å²) in [7, 11) is 2.08. The van der Waals surface area contributed by atoms with E-state index >= 15 is 0 Å². The SMILES string of the molecule is [2H]C1([2H])c2nn([C@@H](C)[C@@H]3CCCN3C)c3nc(-c4noc5c4CCC[C@@]54CCCCC4=O)nc(c23)N2C[C@](C)(O)CC[C@@H]2C1([2H])[2H]. The lowest BCUT2D eigenvalue weighted by atomic mass is 9.64. The molecule has 5 atom stereocenters. The van der Waals surface area contributed by atoms with Gasteiger partial charge in [-0.2, -0.15) is 5.10 Å². The molecule has 1 spiro atoms. The van der Waals surface area contributed by atoms with Gasteiger partial charge in [-0.3, -0.25) is 4.79 Å². The Morgan fingerprint density at radius 2 is 1.98 bits per heavy atom. The van der Waals surface area contributed by atoms with Crippen LogP contribution < -0.4 is 4.90 Å². The van der Waals surface area contributed by atoms with Crippen LogP contribution in [0.2, 0.25) is 0 Å². The minimum absolute atomic E-state index is 0.00969. The number of hydrogen-bond donors (Lipinski definition) is 1. The van der Waals surface area contributed by atoms with E-state index in [-0.39, 0.29) is 36.5 Å². The summed E-state index contributed by atoms with van der Waals surface area (Å²) in [6, 6.07) is -0.928. The molecule has 5 aliphatic rings. The molecule has 0 radical (unpaired) electrons. The lowest BCUT2D eigenvalue weighted by molar-refractivity contribution is -0.128. The first-order chi connectivity index (χ1) is 21.8. The van der Waals surface area contributed by atoms with E-state index < -0.39 is 29.8 Å². The minimum atomic E-state index is -2.46. The van der Waals surface area contributed by atoms with Crippen LogP contribution in [0.15, 0.2) is 4.52 Å². The van der Waals surface area contributed by atoms with Gasteiger partial charge >= 0.3 is 0 Å². The molecule has 2 aliphatic carbocycles. The number of hydrogen-bond acceptors (Lipinski definition) is 9. The van der Waals surface area contributed by atoms with Gasteiger partial charge in [0.25, 0.3) is 0 Å². The number of rotatable bonds is 3. The third kappa shape index (κ3) is 3.93. The first-order valence-corrected chi connectivity index (χ1v) is 15.8. The number of fused-ring (bicyclic) bond motifs is 4. The number of ketones is 1. The van der Waals surface area contributed by atoms with Crippen molar-refractivity contribution >= 4 is 22.6 Å². The molecule has 10 heteroatoms. The van der Waals surface area contributed by atoms with Crippen molar-refractivity contribution in [2.45, 2.75) is 126 Å². The molecule has 224 valence electrons. The van der Waals surface area contributed by atoms with E-state index in [0.29, 0.717) is 53.4 Å². The lowest BCUT2D eigenvalue weighted by Crippen LogP contribution is -2.51. The third-order valence-electron chi connectivity index (χ3n) is 10.8. The average Bonchev–Trinajstić information content (AvgIpc) is 3.74. The van der Waals surface area contributed by atoms with E-state index in [1.807, 2.05) is 0 Å². The molecule has 3 fully saturated rings. The van der Waals surface area contributed by atoms with Crippen LogP contribution in [0.4, 0.5) is 5.82 Å². The molecule has 2 saturated heterocycles. The van der Waals surface area contributed by atoms with E-state index in [2.05, 4.69) is 24.0 Å². The number of likely N-dealkylation sites (N-methyl/N-ethyl adjacent to an activating group) is 1. The summed E-state index contributed by atoms with van der Waals surface area (Å²) in [6.07, 6.45) is 3.17. The maximum atomic E-state index is 13.4. The smallest absolute Gasteiger partial charge is 0.186 e. The number of Topliss-reactive ketones (excluding diaryl/α,β-unsaturated/α-hetero) is 1. The zero-order chi connectivity index (χ0) is 32.4. The Labute approximate surface area is 252 Å². The second kappa shape index (κ2) is 9.58. The van der Waals surface area contributed by atoms with Crippen molar-refractivity contribution < 1.29 is 19.9 Å². The zero-order valence-electron chi connectivity index (χ0n) is 28.8. The molecule has 1 saturated carbocycles. The van der Waals surface area contributed by atoms with Gasteiger partial charge < -0.3 is 19.4 Å². The van der Waals surface area contributed by atoms with Gasteiger partial charge in [0.1, 0.15) is 11.6 Å². The average molecular weight is 578 g/mol. The molecular weight excluding hydrogens is 530 g/mol. The minimum Gasteiger partial charge on any atom is -0.388 e. The first kappa shape index (κ1) is 22.7. The predicted octanol–water partition coefficient (Wildman–Crippen LogP) is 4.52. The Kier molecular flexibility index (Phi) is 5.17. The van der Waals surface area contributed by atoms with Crippen LogP contribution in [0.25, 0.3) is 22.6 Å². The fraction of sp³-hybridized carbons (Fsp3) is 0.719. The molecule has 1 N–H and O–H groups in total. The van der Waals surface area contributed by atoms with Gasteiger partial charge in [0.15, 0.2) is 22.9 Å². The van der Waals surface area contributed by atoms with Gasteiger partial charge in [-0.15, -0.1) is 0 Å². The number of carbonyl (C=O) groups is 1. The van der Waals surface area contributed by atoms with Crippen molar-refractivity contribution in [3.05, 3.63) is 17.0 Å². The second-order valence-corrected chi connectivity index (χ2v) is 13.6. The monoisotopic (exact) mass is 577 g/mol. The number of carbonyl (C=O) groups excluding carboxylic acids is 1. The molecule has 6 heterocycles. The second-order valence-electron chi connectivity index (χ2n) is 13.6. The van der Waals surface area contributed by atoms with Crippen LogP contribution in [0, 0.1) is 0 Å². The van der Waals surface area contributed by atoms with Gasteiger partial charge in [-0.05, 0) is 98.0 Å². The molecule has 3 aromatic rings. The molecule has 10 nitrogen and oxygen atoms in total. The van der Waals surface area contributed by atoms with Crippen LogP contribution in [-0.2, 0) is 23.0 Å². The van der Waals surface area contributed by atoms with Gasteiger partial charge in [0, 0.05) is 36.1 Å². The third-order valence-corrected chi connectivity index (χ3v) is 10.8. The van der Waals surface area contributed by atoms with Gasteiger partial charge in [0.2, 0.25) is 0 Å². The summed E-state index contributed by atoms with van der Waals surface area (Å²) in [5.41, 5.74) is -0.0521. The number of aromatic nitrogens is 5. The van der Waals surface area contributed by atoms with Crippen molar-refractivity contribution in [3.8, 4) is 11.5 Å². The van der Waals surface area contributed by atoms with Crippen molar-refractivity contribution in [1.29, 1.82) is 0 Å². The van der Waals surface area contributed by atoms with Crippen molar-refractivity contribution in [1.82, 2.24) is 29.8 Å². The summed E-state index contributed by atoms with van der Waals surface area (Å²) in [6.45, 7) is 4.82. The summed E-state index contributed by atoms with van der Waals surface area (Å²) in [5.74, 6) is 1.50. The van der Waals surface area contributed by atoms with E-state index in [0.717, 1.165) is 57.1 Å². The number of nitrogens with zero attached hydrogens (tertiary/aromatic N) is 7. The van der Waals surface area contributed by atoms with Gasteiger partial charge in [0.05, 0.1) is 28.1 Å². The molecule has 3 aliphatic heterocycles. The Balaban J connectivity index is 1.39. The van der Waals surface area contributed by atoms with E-state index in [4.69, 9.17) is 19.6 Å². The summed E-state index contributed by atoms with van der Waals surface area (Å²) in [5, 5.41) is 21.1. The molecule has 0 unspecified atom stereocenters. The van der Waals surface area contributed by atoms with Crippen LogP contribution in [0.1, 0.15) is 113 Å². The van der Waals surface area contributed by atoms with Crippen LogP contribution in [0.5, 0.6) is 0 Å². The molecule has 0 bridgehead atoms. The van der Waals surface area contributed by atoms with E-state index in [1.54, 1.807) is 16.5 Å².